The van der Waals surface area contributed by atoms with Gasteiger partial charge in [0.1, 0.15) is 11.9 Å². The van der Waals surface area contributed by atoms with E-state index in [1.54, 1.807) is 24.1 Å². The predicted molar refractivity (Wildman–Crippen MR) is 119 cm³/mol. The third-order valence-electron chi connectivity index (χ3n) is 5.46. The molecule has 1 saturated carbocycles. The number of nitrogens with zero attached hydrogens (tertiary/aromatic N) is 1. The number of nitrogens with one attached hydrogen (secondary N) is 1. The van der Waals surface area contributed by atoms with Crippen molar-refractivity contribution in [2.75, 3.05) is 26.1 Å². The van der Waals surface area contributed by atoms with Crippen LogP contribution in [0.5, 0.6) is 11.5 Å². The number of ether oxygens (including phenoxy) is 2. The van der Waals surface area contributed by atoms with E-state index >= 15 is 0 Å². The van der Waals surface area contributed by atoms with Crippen LogP contribution in [0.25, 0.3) is 0 Å². The molecule has 1 aliphatic rings. The van der Waals surface area contributed by atoms with Gasteiger partial charge in [0.05, 0.1) is 13.7 Å². The lowest BCUT2D eigenvalue weighted by atomic mass is 10.0. The molecule has 1 aliphatic carbocycles. The van der Waals surface area contributed by atoms with Crippen LogP contribution in [0.3, 0.4) is 0 Å². The maximum Gasteiger partial charge on any atom is 0.247 e. The summed E-state index contributed by atoms with van der Waals surface area (Å²) in [6, 6.07) is 4.78. The number of halogens is 1. The Hall–Kier alpha value is -1.95. The molecule has 2 rings (SSSR count). The number of carbonyl (C=O) groups excluding carboxylic acids is 2. The van der Waals surface area contributed by atoms with Crippen LogP contribution in [0.1, 0.15) is 70.4 Å². The van der Waals surface area contributed by atoms with Crippen molar-refractivity contribution in [3.8, 4) is 11.5 Å². The number of amides is 2. The predicted octanol–water partition coefficient (Wildman–Crippen LogP) is 4.45. The van der Waals surface area contributed by atoms with Crippen LogP contribution in [-0.2, 0) is 9.59 Å². The average molecular weight is 439 g/mol. The Labute approximate surface area is 185 Å². The number of carbonyl (C=O) groups is 2. The van der Waals surface area contributed by atoms with Crippen molar-refractivity contribution in [3.63, 3.8) is 0 Å². The van der Waals surface area contributed by atoms with Gasteiger partial charge in [-0.25, -0.2) is 0 Å². The lowest BCUT2D eigenvalue weighted by molar-refractivity contribution is -0.139. The monoisotopic (exact) mass is 438 g/mol. The van der Waals surface area contributed by atoms with Crippen LogP contribution in [0.15, 0.2) is 18.2 Å². The van der Waals surface area contributed by atoms with Gasteiger partial charge in [0.2, 0.25) is 11.8 Å². The van der Waals surface area contributed by atoms with Gasteiger partial charge in [-0.15, -0.1) is 11.6 Å². The van der Waals surface area contributed by atoms with Crippen molar-refractivity contribution in [3.05, 3.63) is 23.8 Å². The highest BCUT2D eigenvalue weighted by atomic mass is 35.5. The molecule has 0 aromatic heterocycles. The second-order valence-corrected chi connectivity index (χ2v) is 7.93. The Morgan fingerprint density at radius 1 is 1.17 bits per heavy atom. The van der Waals surface area contributed by atoms with Gasteiger partial charge < -0.3 is 19.7 Å². The molecule has 0 aliphatic heterocycles. The summed E-state index contributed by atoms with van der Waals surface area (Å²) in [5, 5.41) is 3.20. The van der Waals surface area contributed by atoms with Gasteiger partial charge in [0.25, 0.3) is 0 Å². The van der Waals surface area contributed by atoms with Gasteiger partial charge in [0.15, 0.2) is 11.5 Å². The summed E-state index contributed by atoms with van der Waals surface area (Å²) in [4.78, 5) is 27.7. The first-order chi connectivity index (χ1) is 14.5. The molecule has 1 atom stereocenters. The van der Waals surface area contributed by atoms with Crippen LogP contribution >= 0.6 is 11.6 Å². The molecule has 6 nitrogen and oxygen atoms in total. The molecule has 7 heteroatoms. The van der Waals surface area contributed by atoms with E-state index in [1.807, 2.05) is 19.9 Å². The average Bonchev–Trinajstić information content (AvgIpc) is 3.02. The fourth-order valence-corrected chi connectivity index (χ4v) is 4.17. The van der Waals surface area contributed by atoms with Crippen LogP contribution in [0.2, 0.25) is 0 Å². The minimum atomic E-state index is -0.760. The Kier molecular flexibility index (Phi) is 10.3. The molecule has 0 spiro atoms. The Morgan fingerprint density at radius 2 is 1.87 bits per heavy atom. The molecule has 1 N–H and O–H groups in total. The summed E-state index contributed by atoms with van der Waals surface area (Å²) < 4.78 is 11.1. The smallest absolute Gasteiger partial charge is 0.247 e. The highest BCUT2D eigenvalue weighted by Gasteiger charge is 2.32. The first-order valence-electron chi connectivity index (χ1n) is 11.0. The van der Waals surface area contributed by atoms with Gasteiger partial charge in [-0.2, -0.15) is 0 Å². The normalized spacial score (nSPS) is 15.7. The molecule has 0 radical (unpaired) electrons. The molecule has 30 heavy (non-hydrogen) atoms. The van der Waals surface area contributed by atoms with Gasteiger partial charge in [-0.3, -0.25) is 9.59 Å². The van der Waals surface area contributed by atoms with Gasteiger partial charge in [-0.1, -0.05) is 38.7 Å². The van der Waals surface area contributed by atoms with Crippen LogP contribution in [0, 0.1) is 0 Å². The van der Waals surface area contributed by atoms with E-state index in [9.17, 15) is 9.59 Å². The van der Waals surface area contributed by atoms with Gasteiger partial charge in [0, 0.05) is 12.6 Å². The summed E-state index contributed by atoms with van der Waals surface area (Å²) >= 11 is 5.89. The Balaban J connectivity index is 2.39. The summed E-state index contributed by atoms with van der Waals surface area (Å²) in [5.41, 5.74) is 0.688. The maximum atomic E-state index is 13.5. The molecule has 168 valence electrons. The van der Waals surface area contributed by atoms with E-state index in [0.717, 1.165) is 32.1 Å². The fraction of sp³-hybridized carbons (Fsp3) is 0.652. The molecule has 0 saturated heterocycles. The number of benzene rings is 1. The van der Waals surface area contributed by atoms with Crippen molar-refractivity contribution >= 4 is 23.4 Å². The standard InChI is InChI=1S/C23H35ClN2O4/c1-4-14-26(21(27)16-24)22(23(28)25-18-10-8-6-7-9-11-18)17-12-13-19(30-5-2)20(15-17)29-3/h12-13,15,18,22H,4-11,14,16H2,1-3H3,(H,25,28). The van der Waals surface area contributed by atoms with Crippen LogP contribution in [0.4, 0.5) is 0 Å². The van der Waals surface area contributed by atoms with Crippen molar-refractivity contribution < 1.29 is 19.1 Å². The zero-order chi connectivity index (χ0) is 21.9. The molecule has 0 bridgehead atoms. The van der Waals surface area contributed by atoms with E-state index in [1.165, 1.54) is 12.8 Å². The molecule has 1 fully saturated rings. The van der Waals surface area contributed by atoms with Crippen molar-refractivity contribution in [1.82, 2.24) is 10.2 Å². The SMILES string of the molecule is CCCN(C(=O)CCl)C(C(=O)NC1CCCCCC1)c1ccc(OCC)c(OC)c1. The molecular formula is C23H35ClN2O4. The molecule has 0 heterocycles. The summed E-state index contributed by atoms with van der Waals surface area (Å²) in [6.07, 6.45) is 7.32. The first-order valence-corrected chi connectivity index (χ1v) is 11.6. The lowest BCUT2D eigenvalue weighted by Crippen LogP contribution is -2.47. The maximum absolute atomic E-state index is 13.5. The number of alkyl halides is 1. The second kappa shape index (κ2) is 12.7. The van der Waals surface area contributed by atoms with Crippen molar-refractivity contribution in [2.24, 2.45) is 0 Å². The highest BCUT2D eigenvalue weighted by Crippen LogP contribution is 2.33. The fourth-order valence-electron chi connectivity index (χ4n) is 4.02. The number of hydrogen-bond acceptors (Lipinski definition) is 4. The van der Waals surface area contributed by atoms with E-state index in [-0.39, 0.29) is 23.7 Å². The molecule has 1 unspecified atom stereocenters. The molecule has 1 aromatic rings. The highest BCUT2D eigenvalue weighted by molar-refractivity contribution is 6.27. The number of rotatable bonds is 10. The minimum Gasteiger partial charge on any atom is -0.493 e. The van der Waals surface area contributed by atoms with E-state index in [2.05, 4.69) is 5.32 Å². The third-order valence-corrected chi connectivity index (χ3v) is 5.69. The lowest BCUT2D eigenvalue weighted by Gasteiger charge is -2.32. The number of methoxy groups -OCH3 is 1. The topological polar surface area (TPSA) is 67.9 Å². The first kappa shape index (κ1) is 24.3. The van der Waals surface area contributed by atoms with E-state index in [4.69, 9.17) is 21.1 Å². The van der Waals surface area contributed by atoms with Crippen LogP contribution in [-0.4, -0.2) is 48.9 Å². The Morgan fingerprint density at radius 3 is 2.43 bits per heavy atom. The largest absolute Gasteiger partial charge is 0.493 e. The Bertz CT molecular complexity index is 690. The van der Waals surface area contributed by atoms with Gasteiger partial charge in [-0.05, 0) is 43.9 Å². The number of hydrogen-bond donors (Lipinski definition) is 1. The minimum absolute atomic E-state index is 0.140. The zero-order valence-corrected chi connectivity index (χ0v) is 19.2. The van der Waals surface area contributed by atoms with E-state index < -0.39 is 6.04 Å². The third kappa shape index (κ3) is 6.53. The summed E-state index contributed by atoms with van der Waals surface area (Å²) in [7, 11) is 1.57. The van der Waals surface area contributed by atoms with Crippen molar-refractivity contribution in [2.45, 2.75) is 70.9 Å². The summed E-state index contributed by atoms with van der Waals surface area (Å²) in [5.74, 6) is 0.558. The quantitative estimate of drug-likeness (QED) is 0.432. The van der Waals surface area contributed by atoms with Crippen LogP contribution < -0.4 is 14.8 Å². The zero-order valence-electron chi connectivity index (χ0n) is 18.4. The molecular weight excluding hydrogens is 404 g/mol. The summed E-state index contributed by atoms with van der Waals surface area (Å²) in [6.45, 7) is 4.84. The molecule has 1 aromatic carbocycles. The van der Waals surface area contributed by atoms with Gasteiger partial charge >= 0.3 is 0 Å². The van der Waals surface area contributed by atoms with E-state index in [0.29, 0.717) is 30.2 Å². The second-order valence-electron chi connectivity index (χ2n) is 7.66. The molecule has 2 amide bonds. The van der Waals surface area contributed by atoms with Crippen molar-refractivity contribution in [1.29, 1.82) is 0 Å².